The van der Waals surface area contributed by atoms with Crippen LogP contribution in [0.4, 0.5) is 19.2 Å². The molecule has 0 saturated carbocycles. The molecule has 0 unspecified atom stereocenters. The van der Waals surface area contributed by atoms with Crippen LogP contribution in [0.1, 0.15) is 75.6 Å². The summed E-state index contributed by atoms with van der Waals surface area (Å²) in [5.41, 5.74) is 12.3. The number of thioether (sulfide) groups is 3. The molecule has 4 amide bonds. The Hall–Kier alpha value is -4.39. The summed E-state index contributed by atoms with van der Waals surface area (Å²) in [5, 5.41) is 8.49. The first-order valence-corrected chi connectivity index (χ1v) is 21.5. The van der Waals surface area contributed by atoms with E-state index in [2.05, 4.69) is 73.1 Å². The van der Waals surface area contributed by atoms with Crippen LogP contribution in [-0.2, 0) is 17.7 Å². The number of benzene rings is 4. The molecule has 0 heterocycles. The zero-order valence-corrected chi connectivity index (χ0v) is 34.8. The number of fused-ring (bicyclic) bond motifs is 3. The first kappa shape index (κ1) is 49.6. The maximum Gasteiger partial charge on any atom is 0.404 e. The highest BCUT2D eigenvalue weighted by Crippen LogP contribution is 2.44. The molecule has 12 heteroatoms. The SMILES string of the molecule is C.CCCSC(=O)NC.CCCSC(=O)NCCc1ccccc1.CCCSC(=O)NCc1ccccc1.NC(=O)OCC1c2ccccc2-c2ccccc21. The fourth-order valence-electron chi connectivity index (χ4n) is 5.09. The van der Waals surface area contributed by atoms with Gasteiger partial charge in [0.25, 0.3) is 15.7 Å². The van der Waals surface area contributed by atoms with Crippen LogP contribution in [0.15, 0.2) is 109 Å². The third-order valence-corrected chi connectivity index (χ3v) is 10.8. The summed E-state index contributed by atoms with van der Waals surface area (Å²) in [6, 6.07) is 36.5. The highest BCUT2D eigenvalue weighted by molar-refractivity contribution is 8.14. The van der Waals surface area contributed by atoms with Crippen molar-refractivity contribution >= 4 is 57.1 Å². The number of primary amides is 1. The lowest BCUT2D eigenvalue weighted by molar-refractivity contribution is 0.153. The van der Waals surface area contributed by atoms with Crippen molar-refractivity contribution in [3.63, 3.8) is 0 Å². The number of carbonyl (C=O) groups excluding carboxylic acids is 4. The number of rotatable bonds is 13. The van der Waals surface area contributed by atoms with Crippen molar-refractivity contribution in [2.45, 2.75) is 66.3 Å². The maximum atomic E-state index is 11.2. The van der Waals surface area contributed by atoms with Crippen molar-refractivity contribution in [3.05, 3.63) is 131 Å². The lowest BCUT2D eigenvalue weighted by atomic mass is 9.98. The molecule has 0 bridgehead atoms. The van der Waals surface area contributed by atoms with E-state index in [9.17, 15) is 19.2 Å². The average Bonchev–Trinajstić information content (AvgIpc) is 3.54. The summed E-state index contributed by atoms with van der Waals surface area (Å²) in [7, 11) is 1.64. The molecule has 5 N–H and O–H groups in total. The molecule has 4 aromatic rings. The second-order valence-corrected chi connectivity index (χ2v) is 15.2. The summed E-state index contributed by atoms with van der Waals surface area (Å²) in [5.74, 6) is 2.79. The van der Waals surface area contributed by atoms with E-state index in [0.29, 0.717) is 13.2 Å². The van der Waals surface area contributed by atoms with Gasteiger partial charge in [-0.15, -0.1) is 0 Å². The van der Waals surface area contributed by atoms with Crippen LogP contribution in [-0.4, -0.2) is 59.3 Å². The summed E-state index contributed by atoms with van der Waals surface area (Å²) in [4.78, 5) is 43.7. The van der Waals surface area contributed by atoms with Gasteiger partial charge in [0.05, 0.1) is 0 Å². The topological polar surface area (TPSA) is 140 Å². The van der Waals surface area contributed by atoms with Gasteiger partial charge in [-0.2, -0.15) is 0 Å². The standard InChI is InChI=1S/C15H13NO2.C12H17NOS.C11H15NOS.C5H11NOS.CH4/c16-15(17)18-9-14-12-7-3-1-5-10(12)11-6-2-4-8-13(11)14;1-2-10-15-12(14)13-9-8-11-6-4-3-5-7-11;1-2-8-14-11(13)12-9-10-6-4-3-5-7-10;1-3-4-8-5(7)6-2;/h1-8,14H,9H2,(H2,16,17);3-7H,2,8-10H2,1H3,(H,13,14);3-7H,2,8-9H2,1H3,(H,12,13);3-4H2,1-2H3,(H,6,7);1H4. The molecule has 9 nitrogen and oxygen atoms in total. The lowest BCUT2D eigenvalue weighted by Crippen LogP contribution is -2.21. The zero-order valence-electron chi connectivity index (χ0n) is 32.4. The smallest absolute Gasteiger partial charge is 0.404 e. The number of amides is 4. The Bertz CT molecular complexity index is 1650. The van der Waals surface area contributed by atoms with Crippen molar-refractivity contribution in [2.75, 3.05) is 37.5 Å². The minimum absolute atomic E-state index is 0. The van der Waals surface area contributed by atoms with Gasteiger partial charge in [-0.1, -0.05) is 173 Å². The molecule has 0 spiro atoms. The van der Waals surface area contributed by atoms with Gasteiger partial charge < -0.3 is 26.4 Å². The maximum absolute atomic E-state index is 11.2. The number of hydrogen-bond acceptors (Lipinski definition) is 8. The van der Waals surface area contributed by atoms with Crippen molar-refractivity contribution in [1.29, 1.82) is 0 Å². The number of ether oxygens (including phenoxy) is 1. The molecule has 1 aliphatic rings. The van der Waals surface area contributed by atoms with Gasteiger partial charge in [0.15, 0.2) is 0 Å². The normalized spacial score (nSPS) is 10.5. The Balaban J connectivity index is 0.000000384. The molecular formula is C44H60N4O5S3. The van der Waals surface area contributed by atoms with E-state index >= 15 is 0 Å². The molecule has 0 radical (unpaired) electrons. The van der Waals surface area contributed by atoms with Gasteiger partial charge in [0, 0.05) is 43.3 Å². The first-order valence-electron chi connectivity index (χ1n) is 18.6. The summed E-state index contributed by atoms with van der Waals surface area (Å²) in [6.07, 6.45) is 3.30. The van der Waals surface area contributed by atoms with E-state index < -0.39 is 6.09 Å². The fourth-order valence-corrected chi connectivity index (χ4v) is 6.78. The quantitative estimate of drug-likeness (QED) is 0.105. The van der Waals surface area contributed by atoms with Gasteiger partial charge in [0.1, 0.15) is 6.61 Å². The van der Waals surface area contributed by atoms with Crippen molar-refractivity contribution in [1.82, 2.24) is 16.0 Å². The molecule has 0 aliphatic heterocycles. The van der Waals surface area contributed by atoms with Crippen LogP contribution in [0.3, 0.4) is 0 Å². The minimum Gasteiger partial charge on any atom is -0.449 e. The zero-order chi connectivity index (χ0) is 40.1. The highest BCUT2D eigenvalue weighted by atomic mass is 32.2. The Morgan fingerprint density at radius 2 is 1.04 bits per heavy atom. The second-order valence-electron chi connectivity index (χ2n) is 12.0. The predicted molar refractivity (Wildman–Crippen MR) is 241 cm³/mol. The first-order chi connectivity index (χ1) is 26.7. The predicted octanol–water partition coefficient (Wildman–Crippen LogP) is 11.1. The van der Waals surface area contributed by atoms with Gasteiger partial charge in [-0.25, -0.2) is 4.79 Å². The van der Waals surface area contributed by atoms with Gasteiger partial charge in [-0.3, -0.25) is 14.4 Å². The van der Waals surface area contributed by atoms with Gasteiger partial charge in [0.2, 0.25) is 0 Å². The number of nitrogens with two attached hydrogens (primary N) is 1. The van der Waals surface area contributed by atoms with Gasteiger partial charge in [-0.05, 0) is 59.1 Å². The van der Waals surface area contributed by atoms with E-state index in [0.717, 1.165) is 55.1 Å². The molecule has 56 heavy (non-hydrogen) atoms. The van der Waals surface area contributed by atoms with Crippen molar-refractivity contribution in [3.8, 4) is 11.1 Å². The molecule has 304 valence electrons. The Morgan fingerprint density at radius 1 is 0.607 bits per heavy atom. The third-order valence-electron chi connectivity index (χ3n) is 7.68. The largest absolute Gasteiger partial charge is 0.449 e. The third kappa shape index (κ3) is 20.5. The van der Waals surface area contributed by atoms with E-state index in [1.807, 2.05) is 72.8 Å². The highest BCUT2D eigenvalue weighted by Gasteiger charge is 2.28. The molecule has 5 rings (SSSR count). The van der Waals surface area contributed by atoms with Crippen molar-refractivity contribution in [2.24, 2.45) is 5.73 Å². The van der Waals surface area contributed by atoms with E-state index in [4.69, 9.17) is 10.5 Å². The summed E-state index contributed by atoms with van der Waals surface area (Å²) in [6.45, 7) is 7.83. The molecule has 0 saturated heterocycles. The fraction of sp³-hybridized carbons (Fsp3) is 0.364. The Kier molecular flexibility index (Phi) is 27.3. The molecule has 0 fully saturated rings. The Labute approximate surface area is 347 Å². The van der Waals surface area contributed by atoms with Crippen LogP contribution in [0.25, 0.3) is 11.1 Å². The monoisotopic (exact) mass is 820 g/mol. The van der Waals surface area contributed by atoms with Crippen molar-refractivity contribution < 1.29 is 23.9 Å². The average molecular weight is 821 g/mol. The summed E-state index contributed by atoms with van der Waals surface area (Å²) < 4.78 is 4.98. The number of carbonyl (C=O) groups is 4. The van der Waals surface area contributed by atoms with Crippen LogP contribution >= 0.6 is 35.3 Å². The van der Waals surface area contributed by atoms with Crippen LogP contribution < -0.4 is 21.7 Å². The number of nitrogens with one attached hydrogen (secondary N) is 3. The molecule has 0 aromatic heterocycles. The molecule has 0 atom stereocenters. The Morgan fingerprint density at radius 3 is 1.50 bits per heavy atom. The minimum atomic E-state index is -0.725. The van der Waals surface area contributed by atoms with Crippen LogP contribution in [0.5, 0.6) is 0 Å². The van der Waals surface area contributed by atoms with E-state index in [1.165, 1.54) is 63.1 Å². The number of hydrogen-bond donors (Lipinski definition) is 4. The van der Waals surface area contributed by atoms with E-state index in [-0.39, 0.29) is 29.1 Å². The molecule has 4 aromatic carbocycles. The second kappa shape index (κ2) is 30.8. The summed E-state index contributed by atoms with van der Waals surface area (Å²) >= 11 is 4.03. The van der Waals surface area contributed by atoms with Crippen LogP contribution in [0, 0.1) is 0 Å². The van der Waals surface area contributed by atoms with Gasteiger partial charge >= 0.3 is 6.09 Å². The molecular weight excluding hydrogens is 761 g/mol. The van der Waals surface area contributed by atoms with E-state index in [1.54, 1.807) is 7.05 Å². The van der Waals surface area contributed by atoms with Crippen LogP contribution in [0.2, 0.25) is 0 Å². The lowest BCUT2D eigenvalue weighted by Gasteiger charge is -2.12. The molecule has 1 aliphatic carbocycles.